The summed E-state index contributed by atoms with van der Waals surface area (Å²) in [5.41, 5.74) is 1.38. The van der Waals surface area contributed by atoms with Gasteiger partial charge in [-0.05, 0) is 48.3 Å². The molecule has 2 saturated carbocycles. The molecule has 0 spiro atoms. The van der Waals surface area contributed by atoms with Gasteiger partial charge < -0.3 is 0 Å². The minimum Gasteiger partial charge on any atom is -0.0654 e. The smallest absolute Gasteiger partial charge is 0.0261 e. The van der Waals surface area contributed by atoms with Crippen molar-refractivity contribution in [1.82, 2.24) is 0 Å². The Morgan fingerprint density at radius 2 is 2.00 bits per heavy atom. The van der Waals surface area contributed by atoms with E-state index in [9.17, 15) is 0 Å². The van der Waals surface area contributed by atoms with Gasteiger partial charge in [-0.2, -0.15) is 0 Å². The van der Waals surface area contributed by atoms with E-state index in [1.54, 1.807) is 0 Å². The SMILES string of the molecule is CCCC12CCCC1C(C)(C)C(C)C2. The first-order chi connectivity index (χ1) is 6.53. The lowest BCUT2D eigenvalue weighted by Crippen LogP contribution is -2.28. The van der Waals surface area contributed by atoms with Gasteiger partial charge in [0.1, 0.15) is 0 Å². The molecular formula is C14H26. The average molecular weight is 194 g/mol. The van der Waals surface area contributed by atoms with Gasteiger partial charge in [-0.1, -0.05) is 40.5 Å². The Kier molecular flexibility index (Phi) is 2.44. The highest BCUT2D eigenvalue weighted by molar-refractivity contribution is 5.06. The van der Waals surface area contributed by atoms with E-state index in [0.29, 0.717) is 5.41 Å². The van der Waals surface area contributed by atoms with Gasteiger partial charge in [0, 0.05) is 0 Å². The van der Waals surface area contributed by atoms with Gasteiger partial charge in [0.25, 0.3) is 0 Å². The first-order valence-corrected chi connectivity index (χ1v) is 6.53. The molecule has 14 heavy (non-hydrogen) atoms. The van der Waals surface area contributed by atoms with Crippen LogP contribution in [0, 0.1) is 22.7 Å². The quantitative estimate of drug-likeness (QED) is 0.601. The first kappa shape index (κ1) is 10.5. The minimum absolute atomic E-state index is 0.617. The molecule has 0 radical (unpaired) electrons. The first-order valence-electron chi connectivity index (χ1n) is 6.53. The second-order valence-electron chi connectivity index (χ2n) is 6.48. The molecule has 0 nitrogen and oxygen atoms in total. The summed E-state index contributed by atoms with van der Waals surface area (Å²) in [7, 11) is 0. The molecule has 2 aliphatic carbocycles. The number of fused-ring (bicyclic) bond motifs is 1. The van der Waals surface area contributed by atoms with Gasteiger partial charge in [-0.3, -0.25) is 0 Å². The Bertz CT molecular complexity index is 216. The van der Waals surface area contributed by atoms with Crippen molar-refractivity contribution in [2.75, 3.05) is 0 Å². The minimum atomic E-state index is 0.617. The highest BCUT2D eigenvalue weighted by Crippen LogP contribution is 2.66. The highest BCUT2D eigenvalue weighted by atomic mass is 14.6. The monoisotopic (exact) mass is 194 g/mol. The molecule has 0 aromatic carbocycles. The predicted octanol–water partition coefficient (Wildman–Crippen LogP) is 4.64. The van der Waals surface area contributed by atoms with E-state index in [0.717, 1.165) is 17.3 Å². The molecular weight excluding hydrogens is 168 g/mol. The summed E-state index contributed by atoms with van der Waals surface area (Å²) in [6.07, 6.45) is 8.93. The normalized spacial score (nSPS) is 45.4. The van der Waals surface area contributed by atoms with Crippen LogP contribution in [0.15, 0.2) is 0 Å². The van der Waals surface area contributed by atoms with E-state index in [4.69, 9.17) is 0 Å². The van der Waals surface area contributed by atoms with Gasteiger partial charge >= 0.3 is 0 Å². The van der Waals surface area contributed by atoms with Crippen molar-refractivity contribution in [2.45, 2.75) is 66.2 Å². The summed E-state index contributed by atoms with van der Waals surface area (Å²) in [6.45, 7) is 9.88. The van der Waals surface area contributed by atoms with Crippen LogP contribution in [0.25, 0.3) is 0 Å². The Morgan fingerprint density at radius 1 is 1.29 bits per heavy atom. The average Bonchev–Trinajstić information content (AvgIpc) is 2.55. The molecule has 3 unspecified atom stereocenters. The van der Waals surface area contributed by atoms with Gasteiger partial charge in [0.2, 0.25) is 0 Å². The molecule has 0 aliphatic heterocycles. The van der Waals surface area contributed by atoms with Crippen LogP contribution >= 0.6 is 0 Å². The zero-order valence-corrected chi connectivity index (χ0v) is 10.4. The topological polar surface area (TPSA) is 0 Å². The lowest BCUT2D eigenvalue weighted by molar-refractivity contribution is 0.137. The molecule has 3 atom stereocenters. The summed E-state index contributed by atoms with van der Waals surface area (Å²) in [4.78, 5) is 0. The lowest BCUT2D eigenvalue weighted by Gasteiger charge is -2.35. The largest absolute Gasteiger partial charge is 0.0654 e. The number of rotatable bonds is 2. The number of hydrogen-bond acceptors (Lipinski definition) is 0. The molecule has 0 saturated heterocycles. The van der Waals surface area contributed by atoms with E-state index in [1.807, 2.05) is 0 Å². The maximum Gasteiger partial charge on any atom is -0.0261 e. The van der Waals surface area contributed by atoms with Crippen LogP contribution < -0.4 is 0 Å². The molecule has 0 heteroatoms. The Labute approximate surface area is 89.5 Å². The third-order valence-corrected chi connectivity index (χ3v) is 5.54. The maximum atomic E-state index is 2.52. The second-order valence-corrected chi connectivity index (χ2v) is 6.48. The zero-order chi connectivity index (χ0) is 10.4. The molecule has 2 aliphatic rings. The fourth-order valence-electron chi connectivity index (χ4n) is 4.66. The Morgan fingerprint density at radius 3 is 2.64 bits per heavy atom. The van der Waals surface area contributed by atoms with Crippen LogP contribution in [0.3, 0.4) is 0 Å². The molecule has 0 aromatic rings. The zero-order valence-electron chi connectivity index (χ0n) is 10.4. The van der Waals surface area contributed by atoms with Crippen LogP contribution in [0.1, 0.15) is 66.2 Å². The van der Waals surface area contributed by atoms with E-state index < -0.39 is 0 Å². The van der Waals surface area contributed by atoms with E-state index in [1.165, 1.54) is 38.5 Å². The molecule has 0 bridgehead atoms. The van der Waals surface area contributed by atoms with Crippen molar-refractivity contribution in [2.24, 2.45) is 22.7 Å². The highest BCUT2D eigenvalue weighted by Gasteiger charge is 2.56. The van der Waals surface area contributed by atoms with Crippen molar-refractivity contribution in [1.29, 1.82) is 0 Å². The molecule has 0 N–H and O–H groups in total. The summed E-state index contributed by atoms with van der Waals surface area (Å²) >= 11 is 0. The third-order valence-electron chi connectivity index (χ3n) is 5.54. The van der Waals surface area contributed by atoms with Crippen molar-refractivity contribution in [3.8, 4) is 0 Å². The molecule has 2 rings (SSSR count). The molecule has 2 fully saturated rings. The van der Waals surface area contributed by atoms with Crippen molar-refractivity contribution >= 4 is 0 Å². The summed E-state index contributed by atoms with van der Waals surface area (Å²) in [5.74, 6) is 1.98. The van der Waals surface area contributed by atoms with Gasteiger partial charge in [-0.15, -0.1) is 0 Å². The Balaban J connectivity index is 2.25. The van der Waals surface area contributed by atoms with Crippen molar-refractivity contribution < 1.29 is 0 Å². The van der Waals surface area contributed by atoms with Crippen LogP contribution in [0.2, 0.25) is 0 Å². The van der Waals surface area contributed by atoms with Gasteiger partial charge in [0.15, 0.2) is 0 Å². The molecule has 0 aromatic heterocycles. The van der Waals surface area contributed by atoms with Crippen LogP contribution in [0.5, 0.6) is 0 Å². The van der Waals surface area contributed by atoms with Crippen LogP contribution in [0.4, 0.5) is 0 Å². The summed E-state index contributed by atoms with van der Waals surface area (Å²) in [5, 5.41) is 0. The van der Waals surface area contributed by atoms with Gasteiger partial charge in [0.05, 0.1) is 0 Å². The van der Waals surface area contributed by atoms with E-state index in [-0.39, 0.29) is 0 Å². The van der Waals surface area contributed by atoms with E-state index >= 15 is 0 Å². The fourth-order valence-corrected chi connectivity index (χ4v) is 4.66. The van der Waals surface area contributed by atoms with Crippen LogP contribution in [-0.4, -0.2) is 0 Å². The second kappa shape index (κ2) is 3.25. The lowest BCUT2D eigenvalue weighted by atomic mass is 9.70. The van der Waals surface area contributed by atoms with Crippen molar-refractivity contribution in [3.05, 3.63) is 0 Å². The fraction of sp³-hybridized carbons (Fsp3) is 1.00. The van der Waals surface area contributed by atoms with Crippen molar-refractivity contribution in [3.63, 3.8) is 0 Å². The standard InChI is InChI=1S/C14H26/c1-5-8-14-9-6-7-12(14)13(3,4)11(2)10-14/h11-12H,5-10H2,1-4H3. The number of hydrogen-bond donors (Lipinski definition) is 0. The molecule has 0 amide bonds. The summed E-state index contributed by atoms with van der Waals surface area (Å²) < 4.78 is 0. The van der Waals surface area contributed by atoms with Gasteiger partial charge in [-0.25, -0.2) is 0 Å². The third kappa shape index (κ3) is 1.26. The summed E-state index contributed by atoms with van der Waals surface area (Å²) in [6, 6.07) is 0. The molecule has 0 heterocycles. The van der Waals surface area contributed by atoms with Crippen LogP contribution in [-0.2, 0) is 0 Å². The maximum absolute atomic E-state index is 2.52. The van der Waals surface area contributed by atoms with E-state index in [2.05, 4.69) is 27.7 Å². The molecule has 82 valence electrons. The Hall–Kier alpha value is 0. The predicted molar refractivity (Wildman–Crippen MR) is 62.2 cm³/mol.